The minimum absolute atomic E-state index is 0.0772. The number of hydrogen-bond acceptors (Lipinski definition) is 6. The Hall–Kier alpha value is -2.40. The first-order chi connectivity index (χ1) is 15.2. The van der Waals surface area contributed by atoms with Crippen LogP contribution in [0.3, 0.4) is 0 Å². The molecule has 0 aliphatic carbocycles. The van der Waals surface area contributed by atoms with Gasteiger partial charge in [-0.2, -0.15) is 17.9 Å². The first-order valence-corrected chi connectivity index (χ1v) is 14.1. The van der Waals surface area contributed by atoms with Crippen LogP contribution in [0.5, 0.6) is 0 Å². The second-order valence-corrected chi connectivity index (χ2v) is 12.3. The molecule has 0 amide bonds. The van der Waals surface area contributed by atoms with Crippen molar-refractivity contribution in [2.45, 2.75) is 24.3 Å². The van der Waals surface area contributed by atoms with E-state index in [1.807, 2.05) is 17.5 Å². The van der Waals surface area contributed by atoms with Gasteiger partial charge in [-0.25, -0.2) is 8.42 Å². The van der Waals surface area contributed by atoms with Gasteiger partial charge in [0.15, 0.2) is 0 Å². The van der Waals surface area contributed by atoms with Crippen molar-refractivity contribution in [2.24, 2.45) is 5.10 Å². The van der Waals surface area contributed by atoms with Crippen molar-refractivity contribution in [1.82, 2.24) is 4.41 Å². The largest absolute Gasteiger partial charge is 0.283 e. The monoisotopic (exact) mass is 509 g/mol. The molecule has 0 saturated heterocycles. The van der Waals surface area contributed by atoms with Gasteiger partial charge in [-0.1, -0.05) is 35.9 Å². The summed E-state index contributed by atoms with van der Waals surface area (Å²) < 4.78 is 54.9. The second kappa shape index (κ2) is 8.86. The van der Waals surface area contributed by atoms with Crippen LogP contribution in [0, 0.1) is 0 Å². The molecular weight excluding hydrogens is 490 g/mol. The first kappa shape index (κ1) is 22.8. The molecule has 3 aromatic rings. The number of benzene rings is 2. The number of nitrogens with one attached hydrogen (secondary N) is 1. The Morgan fingerprint density at radius 1 is 1.06 bits per heavy atom. The van der Waals surface area contributed by atoms with Crippen LogP contribution in [0.2, 0.25) is 5.02 Å². The summed E-state index contributed by atoms with van der Waals surface area (Å²) in [5.41, 5.74) is 1.39. The molecule has 0 fully saturated rings. The molecule has 168 valence electrons. The number of sulfonamides is 2. The molecule has 32 heavy (non-hydrogen) atoms. The molecule has 2 heterocycles. The van der Waals surface area contributed by atoms with Crippen LogP contribution in [0.15, 0.2) is 76.0 Å². The summed E-state index contributed by atoms with van der Waals surface area (Å²) in [6, 6.07) is 16.0. The third-order valence-corrected chi connectivity index (χ3v) is 9.20. The van der Waals surface area contributed by atoms with Crippen LogP contribution in [0.4, 0.5) is 5.69 Å². The molecule has 4 rings (SSSR count). The number of hydrazone groups is 1. The fourth-order valence-corrected chi connectivity index (χ4v) is 6.43. The molecule has 2 aromatic carbocycles. The van der Waals surface area contributed by atoms with Gasteiger partial charge in [-0.15, -0.1) is 11.3 Å². The van der Waals surface area contributed by atoms with Crippen molar-refractivity contribution in [3.8, 4) is 0 Å². The highest BCUT2D eigenvalue weighted by Crippen LogP contribution is 2.40. The van der Waals surface area contributed by atoms with E-state index in [1.54, 1.807) is 31.2 Å². The van der Waals surface area contributed by atoms with Crippen LogP contribution in [0.25, 0.3) is 0 Å². The van der Waals surface area contributed by atoms with Gasteiger partial charge in [-0.05, 0) is 48.7 Å². The maximum atomic E-state index is 13.5. The molecule has 0 saturated carbocycles. The van der Waals surface area contributed by atoms with Crippen molar-refractivity contribution in [3.63, 3.8) is 0 Å². The average Bonchev–Trinajstić information content (AvgIpc) is 3.44. The zero-order valence-electron chi connectivity index (χ0n) is 17.0. The van der Waals surface area contributed by atoms with Crippen LogP contribution in [-0.4, -0.2) is 32.7 Å². The van der Waals surface area contributed by atoms with E-state index in [1.165, 1.54) is 35.6 Å². The lowest BCUT2D eigenvalue weighted by atomic mass is 10.0. The smallest absolute Gasteiger partial charge is 0.279 e. The number of rotatable bonds is 7. The molecule has 1 aliphatic rings. The summed E-state index contributed by atoms with van der Waals surface area (Å²) in [6.45, 7) is 1.55. The first-order valence-electron chi connectivity index (χ1n) is 9.72. The zero-order valence-corrected chi connectivity index (χ0v) is 20.2. The number of nitrogens with zero attached hydrogens (tertiary/aromatic N) is 2. The Bertz CT molecular complexity index is 1350. The van der Waals surface area contributed by atoms with E-state index in [4.69, 9.17) is 11.6 Å². The Morgan fingerprint density at radius 3 is 2.44 bits per heavy atom. The van der Waals surface area contributed by atoms with Crippen LogP contribution < -0.4 is 4.72 Å². The van der Waals surface area contributed by atoms with E-state index in [-0.39, 0.29) is 10.6 Å². The zero-order chi connectivity index (χ0) is 22.9. The minimum atomic E-state index is -3.97. The topological polar surface area (TPSA) is 95.9 Å². The van der Waals surface area contributed by atoms with E-state index < -0.39 is 26.1 Å². The summed E-state index contributed by atoms with van der Waals surface area (Å²) in [5, 5.41) is 6.79. The number of thiophene rings is 1. The number of halogens is 1. The standard InChI is InChI=1S/C21H20ClN3O4S3/c1-2-31(26,27)24-18-7-4-3-6-17(18)19-14-20(21-8-5-13-30-21)25(23-19)32(28,29)16-11-9-15(22)10-12-16/h3-13,20,24H,2,14H2,1H3. The predicted molar refractivity (Wildman–Crippen MR) is 128 cm³/mol. The third-order valence-electron chi connectivity index (χ3n) is 4.99. The summed E-state index contributed by atoms with van der Waals surface area (Å²) >= 11 is 7.37. The van der Waals surface area contributed by atoms with Gasteiger partial charge < -0.3 is 0 Å². The number of hydrogen-bond donors (Lipinski definition) is 1. The fraction of sp³-hybridized carbons (Fsp3) is 0.190. The van der Waals surface area contributed by atoms with E-state index in [9.17, 15) is 16.8 Å². The van der Waals surface area contributed by atoms with Gasteiger partial charge in [0.2, 0.25) is 10.0 Å². The second-order valence-electron chi connectivity index (χ2n) is 7.06. The number of para-hydroxylation sites is 1. The van der Waals surface area contributed by atoms with Crippen molar-refractivity contribution < 1.29 is 16.8 Å². The lowest BCUT2D eigenvalue weighted by molar-refractivity contribution is 0.375. The van der Waals surface area contributed by atoms with Gasteiger partial charge >= 0.3 is 0 Å². The molecule has 0 radical (unpaired) electrons. The molecule has 0 spiro atoms. The minimum Gasteiger partial charge on any atom is -0.283 e. The Labute approximate surface area is 196 Å². The Morgan fingerprint density at radius 2 is 1.78 bits per heavy atom. The van der Waals surface area contributed by atoms with Gasteiger partial charge in [0.1, 0.15) is 6.04 Å². The van der Waals surface area contributed by atoms with Crippen molar-refractivity contribution in [2.75, 3.05) is 10.5 Å². The maximum Gasteiger partial charge on any atom is 0.279 e. The highest BCUT2D eigenvalue weighted by Gasteiger charge is 2.38. The lowest BCUT2D eigenvalue weighted by Gasteiger charge is -2.22. The summed E-state index contributed by atoms with van der Waals surface area (Å²) in [6.07, 6.45) is 0.304. The van der Waals surface area contributed by atoms with Crippen molar-refractivity contribution >= 4 is 54.4 Å². The molecule has 11 heteroatoms. The fourth-order valence-electron chi connectivity index (χ4n) is 3.34. The molecular formula is C21H20ClN3O4S3. The van der Waals surface area contributed by atoms with Crippen LogP contribution >= 0.6 is 22.9 Å². The van der Waals surface area contributed by atoms with Gasteiger partial charge in [0.05, 0.1) is 22.0 Å². The van der Waals surface area contributed by atoms with E-state index in [2.05, 4.69) is 9.82 Å². The van der Waals surface area contributed by atoms with Gasteiger partial charge in [0.25, 0.3) is 10.0 Å². The van der Waals surface area contributed by atoms with E-state index in [0.29, 0.717) is 28.4 Å². The maximum absolute atomic E-state index is 13.5. The summed E-state index contributed by atoms with van der Waals surface area (Å²) in [7, 11) is -7.49. The highest BCUT2D eigenvalue weighted by molar-refractivity contribution is 7.92. The average molecular weight is 510 g/mol. The van der Waals surface area contributed by atoms with Crippen LogP contribution in [0.1, 0.15) is 29.8 Å². The summed E-state index contributed by atoms with van der Waals surface area (Å²) in [5.74, 6) is -0.0807. The van der Waals surface area contributed by atoms with Crippen molar-refractivity contribution in [1.29, 1.82) is 0 Å². The molecule has 1 unspecified atom stereocenters. The van der Waals surface area contributed by atoms with Crippen molar-refractivity contribution in [3.05, 3.63) is 81.5 Å². The SMILES string of the molecule is CCS(=O)(=O)Nc1ccccc1C1=NN(S(=O)(=O)c2ccc(Cl)cc2)C(c2cccs2)C1. The molecule has 1 aliphatic heterocycles. The quantitative estimate of drug-likeness (QED) is 0.499. The molecule has 1 aromatic heterocycles. The van der Waals surface area contributed by atoms with Gasteiger partial charge in [0, 0.05) is 21.9 Å². The molecule has 1 atom stereocenters. The van der Waals surface area contributed by atoms with E-state index in [0.717, 1.165) is 9.29 Å². The summed E-state index contributed by atoms with van der Waals surface area (Å²) in [4.78, 5) is 0.918. The lowest BCUT2D eigenvalue weighted by Crippen LogP contribution is -2.26. The molecule has 1 N–H and O–H groups in total. The Kier molecular flexibility index (Phi) is 6.30. The normalized spacial score (nSPS) is 16.8. The molecule has 7 nitrogen and oxygen atoms in total. The van der Waals surface area contributed by atoms with Crippen LogP contribution in [-0.2, 0) is 20.0 Å². The van der Waals surface area contributed by atoms with E-state index >= 15 is 0 Å². The predicted octanol–water partition coefficient (Wildman–Crippen LogP) is 4.70. The Balaban J connectivity index is 1.80. The molecule has 0 bridgehead atoms. The highest BCUT2D eigenvalue weighted by atomic mass is 35.5. The van der Waals surface area contributed by atoms with Gasteiger partial charge in [-0.3, -0.25) is 4.72 Å². The third kappa shape index (κ3) is 4.54. The number of anilines is 1.